The smallest absolute Gasteiger partial charge is 0.319 e. The van der Waals surface area contributed by atoms with Crippen LogP contribution in [0.15, 0.2) is 84.9 Å². The molecule has 3 aromatic carbocycles. The summed E-state index contributed by atoms with van der Waals surface area (Å²) < 4.78 is 0. The fourth-order valence-corrected chi connectivity index (χ4v) is 3.07. The van der Waals surface area contributed by atoms with Gasteiger partial charge >= 0.3 is 6.03 Å². The van der Waals surface area contributed by atoms with Crippen LogP contribution in [0.2, 0.25) is 0 Å². The highest BCUT2D eigenvalue weighted by Gasteiger charge is 2.22. The van der Waals surface area contributed by atoms with Crippen LogP contribution >= 0.6 is 0 Å². The van der Waals surface area contributed by atoms with E-state index in [-0.39, 0.29) is 18.0 Å². The minimum atomic E-state index is -0.410. The van der Waals surface area contributed by atoms with Crippen LogP contribution in [-0.4, -0.2) is 18.0 Å². The number of urea groups is 1. The number of hydrogen-bond donors (Lipinski definition) is 3. The zero-order valence-corrected chi connectivity index (χ0v) is 16.6. The average Bonchev–Trinajstić information content (AvgIpc) is 2.71. The van der Waals surface area contributed by atoms with Gasteiger partial charge in [-0.25, -0.2) is 4.79 Å². The zero-order chi connectivity index (χ0) is 20.6. The van der Waals surface area contributed by atoms with Crippen LogP contribution in [0, 0.1) is 0 Å². The lowest BCUT2D eigenvalue weighted by Crippen LogP contribution is -2.34. The molecule has 0 atom stereocenters. The quantitative estimate of drug-likeness (QED) is 0.558. The average molecular weight is 387 g/mol. The predicted octanol–water partition coefficient (Wildman–Crippen LogP) is 4.99. The van der Waals surface area contributed by atoms with Gasteiger partial charge in [0.15, 0.2) is 0 Å². The van der Waals surface area contributed by atoms with E-state index in [1.807, 2.05) is 74.5 Å². The van der Waals surface area contributed by atoms with E-state index in [1.54, 1.807) is 24.3 Å². The number of rotatable bonds is 6. The number of anilines is 2. The van der Waals surface area contributed by atoms with Gasteiger partial charge in [-0.3, -0.25) is 4.79 Å². The van der Waals surface area contributed by atoms with Gasteiger partial charge in [0.05, 0.1) is 5.92 Å². The van der Waals surface area contributed by atoms with Crippen molar-refractivity contribution in [3.8, 4) is 0 Å². The molecule has 0 aliphatic heterocycles. The Kier molecular flexibility index (Phi) is 6.63. The van der Waals surface area contributed by atoms with Crippen molar-refractivity contribution in [2.75, 3.05) is 10.6 Å². The molecule has 5 heteroatoms. The summed E-state index contributed by atoms with van der Waals surface area (Å²) in [6.07, 6.45) is 0. The van der Waals surface area contributed by atoms with Crippen molar-refractivity contribution in [3.63, 3.8) is 0 Å². The molecule has 0 heterocycles. The highest BCUT2D eigenvalue weighted by atomic mass is 16.2. The molecule has 0 aliphatic rings. The van der Waals surface area contributed by atoms with E-state index in [0.29, 0.717) is 11.4 Å². The van der Waals surface area contributed by atoms with E-state index >= 15 is 0 Å². The van der Waals surface area contributed by atoms with E-state index in [9.17, 15) is 9.59 Å². The first-order chi connectivity index (χ1) is 14.0. The van der Waals surface area contributed by atoms with Crippen LogP contribution in [0.3, 0.4) is 0 Å². The first-order valence-electron chi connectivity index (χ1n) is 9.61. The van der Waals surface area contributed by atoms with Gasteiger partial charge in [-0.2, -0.15) is 0 Å². The molecule has 3 aromatic rings. The van der Waals surface area contributed by atoms with Gasteiger partial charge in [0.25, 0.3) is 0 Å². The van der Waals surface area contributed by atoms with Gasteiger partial charge in [-0.15, -0.1) is 0 Å². The minimum Gasteiger partial charge on any atom is -0.336 e. The molecule has 3 amide bonds. The van der Waals surface area contributed by atoms with Gasteiger partial charge in [0, 0.05) is 17.4 Å². The number of nitrogens with one attached hydrogen (secondary N) is 3. The van der Waals surface area contributed by atoms with E-state index < -0.39 is 5.92 Å². The minimum absolute atomic E-state index is 0.0569. The molecule has 0 bridgehead atoms. The molecule has 0 spiro atoms. The molecule has 148 valence electrons. The molecule has 0 saturated carbocycles. The summed E-state index contributed by atoms with van der Waals surface area (Å²) in [7, 11) is 0. The lowest BCUT2D eigenvalue weighted by molar-refractivity contribution is -0.116. The van der Waals surface area contributed by atoms with Crippen LogP contribution < -0.4 is 16.0 Å². The molecule has 3 N–H and O–H groups in total. The molecule has 5 nitrogen and oxygen atoms in total. The number of amides is 3. The second-order valence-electron chi connectivity index (χ2n) is 7.07. The Hall–Kier alpha value is -3.60. The first-order valence-corrected chi connectivity index (χ1v) is 9.61. The van der Waals surface area contributed by atoms with Gasteiger partial charge in [-0.05, 0) is 49.2 Å². The first kappa shape index (κ1) is 20.1. The third-order valence-corrected chi connectivity index (χ3v) is 4.36. The Balaban J connectivity index is 1.74. The maximum absolute atomic E-state index is 13.1. The Bertz CT molecular complexity index is 899. The van der Waals surface area contributed by atoms with Gasteiger partial charge in [0.2, 0.25) is 5.91 Å². The molecule has 0 radical (unpaired) electrons. The summed E-state index contributed by atoms with van der Waals surface area (Å²) in [6.45, 7) is 3.79. The Morgan fingerprint density at radius 2 is 1.10 bits per heavy atom. The maximum Gasteiger partial charge on any atom is 0.319 e. The number of carbonyl (C=O) groups is 2. The zero-order valence-electron chi connectivity index (χ0n) is 16.6. The monoisotopic (exact) mass is 387 g/mol. The SMILES string of the molecule is CC(C)NC(=O)Nc1ccc(NC(=O)C(c2ccccc2)c2ccccc2)cc1. The van der Waals surface area contributed by atoms with Gasteiger partial charge in [-0.1, -0.05) is 60.7 Å². The molecule has 29 heavy (non-hydrogen) atoms. The Labute approximate surface area is 171 Å². The lowest BCUT2D eigenvalue weighted by Gasteiger charge is -2.18. The van der Waals surface area contributed by atoms with E-state index in [1.165, 1.54) is 0 Å². The molecule has 0 aliphatic carbocycles. The van der Waals surface area contributed by atoms with Gasteiger partial charge in [0.1, 0.15) is 0 Å². The van der Waals surface area contributed by atoms with Crippen LogP contribution in [0.1, 0.15) is 30.9 Å². The summed E-state index contributed by atoms with van der Waals surface area (Å²) in [5, 5.41) is 8.52. The van der Waals surface area contributed by atoms with Crippen molar-refractivity contribution in [2.45, 2.75) is 25.8 Å². The summed E-state index contributed by atoms with van der Waals surface area (Å²) in [5.41, 5.74) is 3.19. The van der Waals surface area contributed by atoms with Crippen LogP contribution in [0.5, 0.6) is 0 Å². The van der Waals surface area contributed by atoms with Gasteiger partial charge < -0.3 is 16.0 Å². The second-order valence-corrected chi connectivity index (χ2v) is 7.07. The maximum atomic E-state index is 13.1. The Morgan fingerprint density at radius 1 is 0.655 bits per heavy atom. The van der Waals surface area contributed by atoms with Crippen LogP contribution in [-0.2, 0) is 4.79 Å². The van der Waals surface area contributed by atoms with Crippen LogP contribution in [0.25, 0.3) is 0 Å². The molecule has 0 unspecified atom stereocenters. The summed E-state index contributed by atoms with van der Waals surface area (Å²) in [5.74, 6) is -0.521. The number of hydrogen-bond acceptors (Lipinski definition) is 2. The molecule has 0 aromatic heterocycles. The highest BCUT2D eigenvalue weighted by molar-refractivity contribution is 5.98. The molecule has 3 rings (SSSR count). The molecular weight excluding hydrogens is 362 g/mol. The van der Waals surface area contributed by atoms with Crippen molar-refractivity contribution in [3.05, 3.63) is 96.1 Å². The van der Waals surface area contributed by atoms with Crippen LogP contribution in [0.4, 0.5) is 16.2 Å². The number of carbonyl (C=O) groups excluding carboxylic acids is 2. The topological polar surface area (TPSA) is 70.2 Å². The van der Waals surface area contributed by atoms with Crippen molar-refractivity contribution in [2.24, 2.45) is 0 Å². The molecular formula is C24H25N3O2. The fourth-order valence-electron chi connectivity index (χ4n) is 3.07. The highest BCUT2D eigenvalue weighted by Crippen LogP contribution is 2.26. The van der Waals surface area contributed by atoms with Crippen molar-refractivity contribution >= 4 is 23.3 Å². The van der Waals surface area contributed by atoms with Crippen molar-refractivity contribution in [1.82, 2.24) is 5.32 Å². The van der Waals surface area contributed by atoms with E-state index in [4.69, 9.17) is 0 Å². The third kappa shape index (κ3) is 5.69. The summed E-state index contributed by atoms with van der Waals surface area (Å²) >= 11 is 0. The molecule has 0 fully saturated rings. The second kappa shape index (κ2) is 9.55. The van der Waals surface area contributed by atoms with Crippen molar-refractivity contribution < 1.29 is 9.59 Å². The lowest BCUT2D eigenvalue weighted by atomic mass is 9.90. The van der Waals surface area contributed by atoms with E-state index in [0.717, 1.165) is 11.1 Å². The Morgan fingerprint density at radius 3 is 1.55 bits per heavy atom. The standard InChI is InChI=1S/C24H25N3O2/c1-17(2)25-24(29)27-21-15-13-20(14-16-21)26-23(28)22(18-9-5-3-6-10-18)19-11-7-4-8-12-19/h3-17,22H,1-2H3,(H,26,28)(H2,25,27,29). The summed E-state index contributed by atoms with van der Waals surface area (Å²) in [4.78, 5) is 24.9. The number of benzene rings is 3. The fraction of sp³-hybridized carbons (Fsp3) is 0.167. The normalized spacial score (nSPS) is 10.6. The van der Waals surface area contributed by atoms with Crippen molar-refractivity contribution in [1.29, 1.82) is 0 Å². The largest absolute Gasteiger partial charge is 0.336 e. The summed E-state index contributed by atoms with van der Waals surface area (Å²) in [6, 6.07) is 26.3. The predicted molar refractivity (Wildman–Crippen MR) is 117 cm³/mol. The third-order valence-electron chi connectivity index (χ3n) is 4.36. The molecule has 0 saturated heterocycles. The van der Waals surface area contributed by atoms with E-state index in [2.05, 4.69) is 16.0 Å².